The smallest absolute Gasteiger partial charge is 0.316 e. The topological polar surface area (TPSA) is 82.9 Å². The number of nitriles is 1. The molecule has 3 rings (SSSR count). The van der Waals surface area contributed by atoms with E-state index < -0.39 is 5.97 Å². The largest absolute Gasteiger partial charge is 0.460 e. The van der Waals surface area contributed by atoms with Crippen LogP contribution in [0.25, 0.3) is 10.8 Å². The minimum Gasteiger partial charge on any atom is -0.460 e. The second kappa shape index (κ2) is 7.89. The Kier molecular flexibility index (Phi) is 5.40. The summed E-state index contributed by atoms with van der Waals surface area (Å²) in [6.07, 6.45) is 0. The number of nitrogens with zero attached hydrogens (tertiary/aromatic N) is 1. The number of aromatic nitrogens is 1. The average molecular weight is 364 g/mol. The van der Waals surface area contributed by atoms with Crippen molar-refractivity contribution in [2.24, 2.45) is 0 Å². The molecular formula is C20H16N2O3S. The zero-order valence-electron chi connectivity index (χ0n) is 14.1. The SMILES string of the molecule is Cc1cc(=O)[nH]c(SCC(=O)OCc2cccc3ccccc23)c1C#N. The molecule has 26 heavy (non-hydrogen) atoms. The van der Waals surface area contributed by atoms with Gasteiger partial charge in [-0.2, -0.15) is 5.26 Å². The highest BCUT2D eigenvalue weighted by molar-refractivity contribution is 7.99. The lowest BCUT2D eigenvalue weighted by Crippen LogP contribution is -2.11. The van der Waals surface area contributed by atoms with Crippen molar-refractivity contribution in [1.82, 2.24) is 4.98 Å². The highest BCUT2D eigenvalue weighted by Gasteiger charge is 2.12. The predicted molar refractivity (Wildman–Crippen MR) is 101 cm³/mol. The van der Waals surface area contributed by atoms with Crippen LogP contribution in [-0.4, -0.2) is 16.7 Å². The van der Waals surface area contributed by atoms with E-state index in [1.807, 2.05) is 48.5 Å². The number of aromatic amines is 1. The Morgan fingerprint density at radius 3 is 2.81 bits per heavy atom. The third-order valence-corrected chi connectivity index (χ3v) is 4.90. The molecule has 0 saturated heterocycles. The molecule has 6 heteroatoms. The van der Waals surface area contributed by atoms with E-state index in [0.717, 1.165) is 28.1 Å². The van der Waals surface area contributed by atoms with Gasteiger partial charge in [-0.05, 0) is 28.8 Å². The number of thioether (sulfide) groups is 1. The Hall–Kier alpha value is -3.04. The Balaban J connectivity index is 1.65. The highest BCUT2D eigenvalue weighted by Crippen LogP contribution is 2.22. The van der Waals surface area contributed by atoms with Gasteiger partial charge in [-0.3, -0.25) is 9.59 Å². The minimum atomic E-state index is -0.408. The maximum Gasteiger partial charge on any atom is 0.316 e. The number of nitrogens with one attached hydrogen (secondary N) is 1. The minimum absolute atomic E-state index is 0.0127. The van der Waals surface area contributed by atoms with E-state index in [1.165, 1.54) is 6.07 Å². The molecule has 5 nitrogen and oxygen atoms in total. The summed E-state index contributed by atoms with van der Waals surface area (Å²) in [6.45, 7) is 1.87. The van der Waals surface area contributed by atoms with Crippen LogP contribution >= 0.6 is 11.8 Å². The Bertz CT molecular complexity index is 1060. The molecule has 0 spiro atoms. The van der Waals surface area contributed by atoms with Crippen LogP contribution in [-0.2, 0) is 16.1 Å². The Morgan fingerprint density at radius 1 is 1.23 bits per heavy atom. The van der Waals surface area contributed by atoms with E-state index in [9.17, 15) is 14.9 Å². The van der Waals surface area contributed by atoms with Crippen molar-refractivity contribution in [3.05, 3.63) is 75.6 Å². The van der Waals surface area contributed by atoms with Crippen LogP contribution in [0.3, 0.4) is 0 Å². The lowest BCUT2D eigenvalue weighted by Gasteiger charge is -2.09. The molecule has 0 aliphatic carbocycles. The van der Waals surface area contributed by atoms with Crippen molar-refractivity contribution in [1.29, 1.82) is 5.26 Å². The van der Waals surface area contributed by atoms with Gasteiger partial charge < -0.3 is 9.72 Å². The van der Waals surface area contributed by atoms with Crippen molar-refractivity contribution < 1.29 is 9.53 Å². The quantitative estimate of drug-likeness (QED) is 0.553. The van der Waals surface area contributed by atoms with Crippen molar-refractivity contribution >= 4 is 28.5 Å². The standard InChI is InChI=1S/C20H16N2O3S/c1-13-9-18(23)22-20(17(13)10-21)26-12-19(24)25-11-15-7-4-6-14-5-2-3-8-16(14)15/h2-9H,11-12H2,1H3,(H,22,23). The molecule has 0 saturated carbocycles. The fraction of sp³-hybridized carbons (Fsp3) is 0.150. The molecule has 1 N–H and O–H groups in total. The lowest BCUT2D eigenvalue weighted by atomic mass is 10.1. The monoisotopic (exact) mass is 364 g/mol. The molecule has 0 bridgehead atoms. The number of hydrogen-bond donors (Lipinski definition) is 1. The molecule has 0 atom stereocenters. The molecule has 1 aromatic heterocycles. The normalized spacial score (nSPS) is 10.5. The summed E-state index contributed by atoms with van der Waals surface area (Å²) in [6, 6.07) is 17.2. The molecule has 0 fully saturated rings. The number of rotatable bonds is 5. The van der Waals surface area contributed by atoms with Crippen LogP contribution in [0, 0.1) is 18.3 Å². The lowest BCUT2D eigenvalue weighted by molar-refractivity contribution is -0.141. The van der Waals surface area contributed by atoms with Crippen LogP contribution in [0.4, 0.5) is 0 Å². The van der Waals surface area contributed by atoms with E-state index in [0.29, 0.717) is 16.2 Å². The summed E-state index contributed by atoms with van der Waals surface area (Å²) in [5, 5.41) is 11.7. The molecule has 0 radical (unpaired) electrons. The van der Waals surface area contributed by atoms with E-state index in [2.05, 4.69) is 4.98 Å². The zero-order chi connectivity index (χ0) is 18.5. The van der Waals surface area contributed by atoms with Gasteiger partial charge in [0.15, 0.2) is 0 Å². The second-order valence-electron chi connectivity index (χ2n) is 5.72. The maximum atomic E-state index is 12.1. The van der Waals surface area contributed by atoms with Gasteiger partial charge in [0.2, 0.25) is 5.56 Å². The number of aryl methyl sites for hydroxylation is 1. The van der Waals surface area contributed by atoms with Gasteiger partial charge in [-0.15, -0.1) is 0 Å². The third-order valence-electron chi connectivity index (χ3n) is 3.92. The summed E-state index contributed by atoms with van der Waals surface area (Å²) >= 11 is 1.09. The number of H-pyrrole nitrogens is 1. The van der Waals surface area contributed by atoms with Gasteiger partial charge in [0.05, 0.1) is 16.3 Å². The van der Waals surface area contributed by atoms with Crippen molar-refractivity contribution in [3.8, 4) is 6.07 Å². The molecule has 0 aliphatic heterocycles. The number of ether oxygens (including phenoxy) is 1. The van der Waals surface area contributed by atoms with Gasteiger partial charge in [0, 0.05) is 6.07 Å². The Morgan fingerprint density at radius 2 is 2.00 bits per heavy atom. The Labute approximate surface area is 154 Å². The summed E-state index contributed by atoms with van der Waals surface area (Å²) < 4.78 is 5.36. The van der Waals surface area contributed by atoms with E-state index in [1.54, 1.807) is 6.92 Å². The van der Waals surface area contributed by atoms with Gasteiger partial charge in [0.25, 0.3) is 0 Å². The second-order valence-corrected chi connectivity index (χ2v) is 6.71. The maximum absolute atomic E-state index is 12.1. The molecule has 0 amide bonds. The van der Waals surface area contributed by atoms with Crippen molar-refractivity contribution in [3.63, 3.8) is 0 Å². The molecule has 3 aromatic rings. The van der Waals surface area contributed by atoms with E-state index in [4.69, 9.17) is 4.74 Å². The third kappa shape index (κ3) is 3.95. The first-order valence-electron chi connectivity index (χ1n) is 7.97. The number of hydrogen-bond acceptors (Lipinski definition) is 5. The first-order chi connectivity index (χ1) is 12.6. The zero-order valence-corrected chi connectivity index (χ0v) is 14.9. The van der Waals surface area contributed by atoms with Crippen molar-refractivity contribution in [2.45, 2.75) is 18.6 Å². The molecule has 1 heterocycles. The summed E-state index contributed by atoms with van der Waals surface area (Å²) in [5.41, 5.74) is 1.59. The number of pyridine rings is 1. The van der Waals surface area contributed by atoms with Crippen LogP contribution in [0.2, 0.25) is 0 Å². The van der Waals surface area contributed by atoms with Crippen molar-refractivity contribution in [2.75, 3.05) is 5.75 Å². The van der Waals surface area contributed by atoms with Gasteiger partial charge in [0.1, 0.15) is 12.7 Å². The summed E-state index contributed by atoms with van der Waals surface area (Å²) in [5.74, 6) is -0.395. The molecular weight excluding hydrogens is 348 g/mol. The predicted octanol–water partition coefficient (Wildman–Crippen LogP) is 3.54. The summed E-state index contributed by atoms with van der Waals surface area (Å²) in [4.78, 5) is 26.2. The van der Waals surface area contributed by atoms with Crippen LogP contribution in [0.15, 0.2) is 58.4 Å². The fourth-order valence-electron chi connectivity index (χ4n) is 2.65. The first-order valence-corrected chi connectivity index (χ1v) is 8.96. The number of benzene rings is 2. The van der Waals surface area contributed by atoms with Gasteiger partial charge in [-0.25, -0.2) is 0 Å². The molecule has 0 unspecified atom stereocenters. The molecule has 130 valence electrons. The first kappa shape index (κ1) is 17.8. The summed E-state index contributed by atoms with van der Waals surface area (Å²) in [7, 11) is 0. The van der Waals surface area contributed by atoms with E-state index >= 15 is 0 Å². The number of fused-ring (bicyclic) bond motifs is 1. The van der Waals surface area contributed by atoms with Crippen LogP contribution in [0.5, 0.6) is 0 Å². The van der Waals surface area contributed by atoms with E-state index in [-0.39, 0.29) is 17.9 Å². The molecule has 0 aliphatic rings. The number of carbonyl (C=O) groups excluding carboxylic acids is 1. The number of carbonyl (C=O) groups is 1. The van der Waals surface area contributed by atoms with Gasteiger partial charge in [-0.1, -0.05) is 54.2 Å². The highest BCUT2D eigenvalue weighted by atomic mass is 32.2. The average Bonchev–Trinajstić information content (AvgIpc) is 2.64. The van der Waals surface area contributed by atoms with Crippen LogP contribution < -0.4 is 5.56 Å². The van der Waals surface area contributed by atoms with Crippen LogP contribution in [0.1, 0.15) is 16.7 Å². The fourth-order valence-corrected chi connectivity index (χ4v) is 3.52. The van der Waals surface area contributed by atoms with Gasteiger partial charge >= 0.3 is 5.97 Å². The number of esters is 1. The molecule has 2 aromatic carbocycles.